The zero-order valence-corrected chi connectivity index (χ0v) is 9.90. The molecule has 0 bridgehead atoms. The third kappa shape index (κ3) is 3.36. The highest BCUT2D eigenvalue weighted by Gasteiger charge is 2.11. The summed E-state index contributed by atoms with van der Waals surface area (Å²) in [5.74, 6) is 0. The van der Waals surface area contributed by atoms with Gasteiger partial charge in [0.15, 0.2) is 0 Å². The molecule has 1 aromatic rings. The van der Waals surface area contributed by atoms with Crippen LogP contribution in [0.4, 0.5) is 0 Å². The first kappa shape index (κ1) is 11.6. The molecule has 0 aromatic carbocycles. The topological polar surface area (TPSA) is 37.0 Å². The molecule has 0 fully saturated rings. The Balaban J connectivity index is 2.40. The Hall–Kier alpha value is -0.450. The fraction of sp³-hybridized carbons (Fsp3) is 0.700. The molecule has 2 N–H and O–H groups in total. The quantitative estimate of drug-likeness (QED) is 0.756. The van der Waals surface area contributed by atoms with E-state index in [9.17, 15) is 0 Å². The van der Waals surface area contributed by atoms with Crippen LogP contribution in [-0.4, -0.2) is 24.6 Å². The van der Waals surface area contributed by atoms with Crippen molar-refractivity contribution < 1.29 is 0 Å². The van der Waals surface area contributed by atoms with Gasteiger partial charge in [-0.25, -0.2) is 4.98 Å². The average Bonchev–Trinajstić information content (AvgIpc) is 2.72. The Kier molecular flexibility index (Phi) is 5.07. The van der Waals surface area contributed by atoms with Crippen molar-refractivity contribution in [3.8, 4) is 0 Å². The number of aromatic nitrogens is 1. The van der Waals surface area contributed by atoms with Crippen molar-refractivity contribution in [3.63, 3.8) is 0 Å². The molecule has 3 nitrogen and oxygen atoms in total. The molecule has 0 aliphatic carbocycles. The van der Waals surface area contributed by atoms with Crippen LogP contribution >= 0.6 is 11.3 Å². The predicted octanol–water partition coefficient (Wildman–Crippen LogP) is 1.79. The number of nitrogens with one attached hydrogen (secondary N) is 2. The number of likely N-dealkylation sites (N-methyl/N-ethyl adjacent to an activating group) is 1. The van der Waals surface area contributed by atoms with Crippen molar-refractivity contribution >= 4 is 11.3 Å². The van der Waals surface area contributed by atoms with Gasteiger partial charge >= 0.3 is 0 Å². The van der Waals surface area contributed by atoms with E-state index in [1.54, 1.807) is 11.3 Å². The van der Waals surface area contributed by atoms with Gasteiger partial charge in [-0.15, -0.1) is 11.3 Å². The second-order valence-corrected chi connectivity index (χ2v) is 4.36. The second-order valence-electron chi connectivity index (χ2n) is 3.43. The third-order valence-corrected chi connectivity index (χ3v) is 3.21. The monoisotopic (exact) mass is 213 g/mol. The van der Waals surface area contributed by atoms with Gasteiger partial charge < -0.3 is 10.6 Å². The summed E-state index contributed by atoms with van der Waals surface area (Å²) in [6.07, 6.45) is 2.95. The van der Waals surface area contributed by atoms with E-state index in [2.05, 4.69) is 29.5 Å². The first-order chi connectivity index (χ1) is 6.77. The zero-order chi connectivity index (χ0) is 10.4. The van der Waals surface area contributed by atoms with Crippen molar-refractivity contribution in [3.05, 3.63) is 16.6 Å². The standard InChI is InChI=1S/C10H19N3S/c1-4-9(10-12-5-6-14-10)13-7-8(2)11-3/h5-6,8-9,11,13H,4,7H2,1-3H3. The highest BCUT2D eigenvalue weighted by molar-refractivity contribution is 7.09. The maximum atomic E-state index is 4.33. The minimum atomic E-state index is 0.408. The van der Waals surface area contributed by atoms with Gasteiger partial charge in [-0.05, 0) is 20.4 Å². The van der Waals surface area contributed by atoms with Gasteiger partial charge in [0.1, 0.15) is 5.01 Å². The smallest absolute Gasteiger partial charge is 0.109 e. The molecule has 0 spiro atoms. The van der Waals surface area contributed by atoms with E-state index in [1.807, 2.05) is 18.6 Å². The van der Waals surface area contributed by atoms with Crippen LogP contribution in [0.2, 0.25) is 0 Å². The van der Waals surface area contributed by atoms with Crippen LogP contribution in [0.5, 0.6) is 0 Å². The second kappa shape index (κ2) is 6.11. The van der Waals surface area contributed by atoms with Gasteiger partial charge in [-0.2, -0.15) is 0 Å². The summed E-state index contributed by atoms with van der Waals surface area (Å²) < 4.78 is 0. The van der Waals surface area contributed by atoms with Crippen LogP contribution in [0.15, 0.2) is 11.6 Å². The van der Waals surface area contributed by atoms with E-state index in [4.69, 9.17) is 0 Å². The third-order valence-electron chi connectivity index (χ3n) is 2.32. The number of nitrogens with zero attached hydrogens (tertiary/aromatic N) is 1. The van der Waals surface area contributed by atoms with Crippen LogP contribution in [0.3, 0.4) is 0 Å². The van der Waals surface area contributed by atoms with Gasteiger partial charge in [0.25, 0.3) is 0 Å². The van der Waals surface area contributed by atoms with Crippen molar-refractivity contribution in [2.75, 3.05) is 13.6 Å². The van der Waals surface area contributed by atoms with Crippen LogP contribution in [-0.2, 0) is 0 Å². The van der Waals surface area contributed by atoms with E-state index in [1.165, 1.54) is 5.01 Å². The van der Waals surface area contributed by atoms with Gasteiger partial charge in [-0.3, -0.25) is 0 Å². The number of rotatable bonds is 6. The molecule has 14 heavy (non-hydrogen) atoms. The van der Waals surface area contributed by atoms with Crippen molar-refractivity contribution in [1.82, 2.24) is 15.6 Å². The first-order valence-electron chi connectivity index (χ1n) is 5.08. The van der Waals surface area contributed by atoms with Gasteiger partial charge in [0, 0.05) is 24.2 Å². The molecule has 0 saturated heterocycles. The molecular weight excluding hydrogens is 194 g/mol. The molecule has 0 aliphatic rings. The number of hydrogen-bond acceptors (Lipinski definition) is 4. The Labute approximate surface area is 89.9 Å². The van der Waals surface area contributed by atoms with Gasteiger partial charge in [0.05, 0.1) is 6.04 Å². The Morgan fingerprint density at radius 3 is 2.86 bits per heavy atom. The average molecular weight is 213 g/mol. The van der Waals surface area contributed by atoms with Crippen molar-refractivity contribution in [1.29, 1.82) is 0 Å². The van der Waals surface area contributed by atoms with E-state index < -0.39 is 0 Å². The molecule has 4 heteroatoms. The zero-order valence-electron chi connectivity index (χ0n) is 9.08. The molecule has 0 radical (unpaired) electrons. The lowest BCUT2D eigenvalue weighted by atomic mass is 10.2. The molecule has 2 atom stereocenters. The fourth-order valence-electron chi connectivity index (χ4n) is 1.23. The van der Waals surface area contributed by atoms with E-state index in [0.29, 0.717) is 12.1 Å². The molecule has 80 valence electrons. The van der Waals surface area contributed by atoms with Crippen LogP contribution in [0.1, 0.15) is 31.3 Å². The lowest BCUT2D eigenvalue weighted by molar-refractivity contribution is 0.464. The molecule has 0 saturated carbocycles. The van der Waals surface area contributed by atoms with E-state index in [-0.39, 0.29) is 0 Å². The summed E-state index contributed by atoms with van der Waals surface area (Å²) in [6, 6.07) is 0.912. The molecule has 1 heterocycles. The lowest BCUT2D eigenvalue weighted by Crippen LogP contribution is -2.35. The molecule has 1 rings (SSSR count). The van der Waals surface area contributed by atoms with Gasteiger partial charge in [-0.1, -0.05) is 6.92 Å². The van der Waals surface area contributed by atoms with Crippen LogP contribution < -0.4 is 10.6 Å². The Bertz CT molecular complexity index is 236. The summed E-state index contributed by atoms with van der Waals surface area (Å²) in [5, 5.41) is 9.94. The van der Waals surface area contributed by atoms with Crippen molar-refractivity contribution in [2.45, 2.75) is 32.4 Å². The van der Waals surface area contributed by atoms with E-state index in [0.717, 1.165) is 13.0 Å². The summed E-state index contributed by atoms with van der Waals surface area (Å²) in [7, 11) is 1.98. The Morgan fingerprint density at radius 1 is 1.57 bits per heavy atom. The Morgan fingerprint density at radius 2 is 2.36 bits per heavy atom. The largest absolute Gasteiger partial charge is 0.316 e. The molecular formula is C10H19N3S. The lowest BCUT2D eigenvalue weighted by Gasteiger charge is -2.17. The predicted molar refractivity (Wildman–Crippen MR) is 61.7 cm³/mol. The molecule has 0 aliphatic heterocycles. The van der Waals surface area contributed by atoms with Gasteiger partial charge in [0.2, 0.25) is 0 Å². The maximum Gasteiger partial charge on any atom is 0.109 e. The molecule has 1 aromatic heterocycles. The normalized spacial score (nSPS) is 15.4. The SMILES string of the molecule is CCC(NCC(C)NC)c1nccs1. The number of thiazole rings is 1. The summed E-state index contributed by atoms with van der Waals surface area (Å²) >= 11 is 1.72. The minimum absolute atomic E-state index is 0.408. The number of hydrogen-bond donors (Lipinski definition) is 2. The minimum Gasteiger partial charge on any atom is -0.316 e. The van der Waals surface area contributed by atoms with E-state index >= 15 is 0 Å². The first-order valence-corrected chi connectivity index (χ1v) is 5.96. The summed E-state index contributed by atoms with van der Waals surface area (Å²) in [5.41, 5.74) is 0. The van der Waals surface area contributed by atoms with Crippen LogP contribution in [0, 0.1) is 0 Å². The molecule has 2 unspecified atom stereocenters. The summed E-state index contributed by atoms with van der Waals surface area (Å²) in [4.78, 5) is 4.33. The fourth-order valence-corrected chi connectivity index (χ4v) is 2.03. The molecule has 0 amide bonds. The highest BCUT2D eigenvalue weighted by Crippen LogP contribution is 2.18. The van der Waals surface area contributed by atoms with Crippen LogP contribution in [0.25, 0.3) is 0 Å². The van der Waals surface area contributed by atoms with Crippen molar-refractivity contribution in [2.24, 2.45) is 0 Å². The maximum absolute atomic E-state index is 4.33. The highest BCUT2D eigenvalue weighted by atomic mass is 32.1. The summed E-state index contributed by atoms with van der Waals surface area (Å²) in [6.45, 7) is 5.33.